The number of para-hydroxylation sites is 1. The predicted octanol–water partition coefficient (Wildman–Crippen LogP) is 1.43. The Labute approximate surface area is 94.5 Å². The summed E-state index contributed by atoms with van der Waals surface area (Å²) in [6.45, 7) is 1.95. The van der Waals surface area contributed by atoms with Crippen LogP contribution in [0.15, 0.2) is 18.2 Å². The van der Waals surface area contributed by atoms with Gasteiger partial charge in [0.1, 0.15) is 0 Å². The van der Waals surface area contributed by atoms with Crippen LogP contribution in [0.2, 0.25) is 0 Å². The Kier molecular flexibility index (Phi) is 3.10. The van der Waals surface area contributed by atoms with Gasteiger partial charge in [-0.2, -0.15) is 0 Å². The highest BCUT2D eigenvalue weighted by molar-refractivity contribution is 5.94. The van der Waals surface area contributed by atoms with Crippen LogP contribution in [0, 0.1) is 0 Å². The Morgan fingerprint density at radius 3 is 2.69 bits per heavy atom. The summed E-state index contributed by atoms with van der Waals surface area (Å²) in [5.74, 6) is -0.561. The highest BCUT2D eigenvalue weighted by Gasteiger charge is 2.20. The van der Waals surface area contributed by atoms with Crippen LogP contribution < -0.4 is 11.1 Å². The molecule has 4 heteroatoms. The van der Waals surface area contributed by atoms with Gasteiger partial charge >= 0.3 is 5.97 Å². The predicted molar refractivity (Wildman–Crippen MR) is 62.7 cm³/mol. The van der Waals surface area contributed by atoms with Gasteiger partial charge in [0, 0.05) is 5.69 Å². The molecule has 1 fully saturated rings. The highest BCUT2D eigenvalue weighted by Crippen LogP contribution is 2.31. The van der Waals surface area contributed by atoms with Gasteiger partial charge in [0.25, 0.3) is 0 Å². The van der Waals surface area contributed by atoms with Crippen molar-refractivity contribution in [2.24, 2.45) is 0 Å². The SMILES string of the molecule is Nc1c(C(=O)O)cccc1C1CCNCC1. The number of rotatable bonds is 2. The minimum atomic E-state index is -0.951. The van der Waals surface area contributed by atoms with Crippen molar-refractivity contribution in [2.45, 2.75) is 18.8 Å². The molecule has 0 bridgehead atoms. The molecule has 4 N–H and O–H groups in total. The van der Waals surface area contributed by atoms with Crippen molar-refractivity contribution in [1.29, 1.82) is 0 Å². The molecular formula is C12H16N2O2. The fraction of sp³-hybridized carbons (Fsp3) is 0.417. The van der Waals surface area contributed by atoms with E-state index in [0.717, 1.165) is 31.5 Å². The Morgan fingerprint density at radius 2 is 2.06 bits per heavy atom. The van der Waals surface area contributed by atoms with Gasteiger partial charge < -0.3 is 16.2 Å². The van der Waals surface area contributed by atoms with Gasteiger partial charge in [-0.05, 0) is 43.5 Å². The van der Waals surface area contributed by atoms with Crippen molar-refractivity contribution in [2.75, 3.05) is 18.8 Å². The number of carboxylic acids is 1. The Balaban J connectivity index is 2.33. The molecular weight excluding hydrogens is 204 g/mol. The topological polar surface area (TPSA) is 75.4 Å². The van der Waals surface area contributed by atoms with Crippen molar-refractivity contribution >= 4 is 11.7 Å². The summed E-state index contributed by atoms with van der Waals surface area (Å²) in [6, 6.07) is 5.27. The fourth-order valence-corrected chi connectivity index (χ4v) is 2.26. The molecule has 1 aliphatic rings. The summed E-state index contributed by atoms with van der Waals surface area (Å²) in [6.07, 6.45) is 2.04. The van der Waals surface area contributed by atoms with Crippen molar-refractivity contribution in [3.8, 4) is 0 Å². The third-order valence-corrected chi connectivity index (χ3v) is 3.15. The largest absolute Gasteiger partial charge is 0.478 e. The average molecular weight is 220 g/mol. The molecule has 0 aliphatic carbocycles. The zero-order chi connectivity index (χ0) is 11.5. The summed E-state index contributed by atoms with van der Waals surface area (Å²) in [7, 11) is 0. The highest BCUT2D eigenvalue weighted by atomic mass is 16.4. The lowest BCUT2D eigenvalue weighted by atomic mass is 9.88. The molecule has 2 rings (SSSR count). The van der Waals surface area contributed by atoms with Crippen LogP contribution in [0.4, 0.5) is 5.69 Å². The second-order valence-corrected chi connectivity index (χ2v) is 4.14. The number of nitrogens with two attached hydrogens (primary N) is 1. The smallest absolute Gasteiger partial charge is 0.337 e. The van der Waals surface area contributed by atoms with E-state index in [1.807, 2.05) is 6.07 Å². The minimum absolute atomic E-state index is 0.219. The van der Waals surface area contributed by atoms with Crippen LogP contribution in [-0.2, 0) is 0 Å². The van der Waals surface area contributed by atoms with Crippen LogP contribution in [0.1, 0.15) is 34.7 Å². The lowest BCUT2D eigenvalue weighted by molar-refractivity contribution is 0.0698. The molecule has 0 saturated carbocycles. The number of aromatic carboxylic acids is 1. The number of nitrogens with one attached hydrogen (secondary N) is 1. The molecule has 0 unspecified atom stereocenters. The quantitative estimate of drug-likeness (QED) is 0.659. The van der Waals surface area contributed by atoms with Gasteiger partial charge in [-0.1, -0.05) is 12.1 Å². The van der Waals surface area contributed by atoms with Gasteiger partial charge in [-0.3, -0.25) is 0 Å². The van der Waals surface area contributed by atoms with E-state index < -0.39 is 5.97 Å². The molecule has 0 atom stereocenters. The number of hydrogen-bond donors (Lipinski definition) is 3. The lowest BCUT2D eigenvalue weighted by Gasteiger charge is -2.24. The van der Waals surface area contributed by atoms with Gasteiger partial charge in [-0.15, -0.1) is 0 Å². The Hall–Kier alpha value is -1.55. The summed E-state index contributed by atoms with van der Waals surface area (Å²) in [5.41, 5.74) is 7.55. The summed E-state index contributed by atoms with van der Waals surface area (Å²) < 4.78 is 0. The van der Waals surface area contributed by atoms with Gasteiger partial charge in [0.15, 0.2) is 0 Å². The van der Waals surface area contributed by atoms with E-state index in [0.29, 0.717) is 11.6 Å². The number of piperidine rings is 1. The van der Waals surface area contributed by atoms with E-state index in [2.05, 4.69) is 5.32 Å². The van der Waals surface area contributed by atoms with Crippen molar-refractivity contribution in [3.05, 3.63) is 29.3 Å². The normalized spacial score (nSPS) is 17.2. The molecule has 1 saturated heterocycles. The molecule has 1 aromatic rings. The Morgan fingerprint density at radius 1 is 1.38 bits per heavy atom. The molecule has 1 aromatic carbocycles. The Bertz CT molecular complexity index is 398. The molecule has 0 amide bonds. The number of anilines is 1. The van der Waals surface area contributed by atoms with Crippen molar-refractivity contribution in [1.82, 2.24) is 5.32 Å². The molecule has 0 radical (unpaired) electrons. The third kappa shape index (κ3) is 2.02. The fourth-order valence-electron chi connectivity index (χ4n) is 2.26. The molecule has 86 valence electrons. The minimum Gasteiger partial charge on any atom is -0.478 e. The maximum absolute atomic E-state index is 11.0. The molecule has 0 spiro atoms. The van der Waals surface area contributed by atoms with Crippen molar-refractivity contribution in [3.63, 3.8) is 0 Å². The van der Waals surface area contributed by atoms with E-state index in [9.17, 15) is 4.79 Å². The first kappa shape index (κ1) is 11.0. The van der Waals surface area contributed by atoms with E-state index in [1.54, 1.807) is 12.1 Å². The van der Waals surface area contributed by atoms with E-state index in [-0.39, 0.29) is 5.56 Å². The number of hydrogen-bond acceptors (Lipinski definition) is 3. The first-order valence-electron chi connectivity index (χ1n) is 5.52. The number of benzene rings is 1. The molecule has 0 aromatic heterocycles. The van der Waals surface area contributed by atoms with Crippen LogP contribution in [0.25, 0.3) is 0 Å². The summed E-state index contributed by atoms with van der Waals surface area (Å²) >= 11 is 0. The summed E-state index contributed by atoms with van der Waals surface area (Å²) in [5, 5.41) is 12.3. The maximum Gasteiger partial charge on any atom is 0.337 e. The maximum atomic E-state index is 11.0. The van der Waals surface area contributed by atoms with Crippen LogP contribution in [0.5, 0.6) is 0 Å². The monoisotopic (exact) mass is 220 g/mol. The van der Waals surface area contributed by atoms with Crippen molar-refractivity contribution < 1.29 is 9.90 Å². The molecule has 1 aliphatic heterocycles. The second kappa shape index (κ2) is 4.53. The van der Waals surface area contributed by atoms with Gasteiger partial charge in [-0.25, -0.2) is 4.79 Å². The molecule has 16 heavy (non-hydrogen) atoms. The lowest BCUT2D eigenvalue weighted by Crippen LogP contribution is -2.27. The zero-order valence-electron chi connectivity index (χ0n) is 9.07. The third-order valence-electron chi connectivity index (χ3n) is 3.15. The van der Waals surface area contributed by atoms with Crippen LogP contribution in [0.3, 0.4) is 0 Å². The standard InChI is InChI=1S/C12H16N2O2/c13-11-9(8-4-6-14-7-5-8)2-1-3-10(11)12(15)16/h1-3,8,14H,4-7,13H2,(H,15,16). The van der Waals surface area contributed by atoms with E-state index in [1.165, 1.54) is 0 Å². The first-order chi connectivity index (χ1) is 7.70. The average Bonchev–Trinajstić information content (AvgIpc) is 2.30. The van der Waals surface area contributed by atoms with Crippen LogP contribution in [-0.4, -0.2) is 24.2 Å². The van der Waals surface area contributed by atoms with Crippen LogP contribution >= 0.6 is 0 Å². The zero-order valence-corrected chi connectivity index (χ0v) is 9.07. The second-order valence-electron chi connectivity index (χ2n) is 4.14. The number of carbonyl (C=O) groups is 1. The molecule has 4 nitrogen and oxygen atoms in total. The van der Waals surface area contributed by atoms with E-state index >= 15 is 0 Å². The van der Waals surface area contributed by atoms with Gasteiger partial charge in [0.2, 0.25) is 0 Å². The molecule has 1 heterocycles. The number of nitrogen functional groups attached to an aromatic ring is 1. The summed E-state index contributed by atoms with van der Waals surface area (Å²) in [4.78, 5) is 11.0. The van der Waals surface area contributed by atoms with E-state index in [4.69, 9.17) is 10.8 Å². The number of carboxylic acid groups (broad SMARTS) is 1. The van der Waals surface area contributed by atoms with Gasteiger partial charge in [0.05, 0.1) is 5.56 Å². The first-order valence-corrected chi connectivity index (χ1v) is 5.52.